The van der Waals surface area contributed by atoms with Gasteiger partial charge in [0, 0.05) is 18.3 Å². The summed E-state index contributed by atoms with van der Waals surface area (Å²) in [6.45, 7) is 1.50. The van der Waals surface area contributed by atoms with E-state index in [0.717, 1.165) is 11.0 Å². The van der Waals surface area contributed by atoms with Crippen molar-refractivity contribution in [3.8, 4) is 5.88 Å². The van der Waals surface area contributed by atoms with Crippen LogP contribution in [0.5, 0.6) is 5.88 Å². The molecule has 2 aliphatic rings. The number of hydrogen-bond donors (Lipinski definition) is 3. The Morgan fingerprint density at radius 2 is 2.06 bits per heavy atom. The highest BCUT2D eigenvalue weighted by molar-refractivity contribution is 6.06. The topological polar surface area (TPSA) is 155 Å². The fraction of sp³-hybridized carbons (Fsp3) is 0.333. The molecule has 0 spiro atoms. The van der Waals surface area contributed by atoms with Crippen LogP contribution in [0.25, 0.3) is 0 Å². The number of benzene rings is 1. The number of hydrogen-bond acceptors (Lipinski definition) is 8. The largest absolute Gasteiger partial charge is 0.480 e. The van der Waals surface area contributed by atoms with E-state index in [1.807, 2.05) is 0 Å². The molecule has 12 nitrogen and oxygen atoms in total. The summed E-state index contributed by atoms with van der Waals surface area (Å²) in [4.78, 5) is 50.3. The number of guanidine groups is 1. The van der Waals surface area contributed by atoms with Crippen LogP contribution in [0.15, 0.2) is 35.6 Å². The Morgan fingerprint density at radius 1 is 1.29 bits per heavy atom. The molecule has 178 valence electrons. The molecule has 3 amide bonds. The van der Waals surface area contributed by atoms with Crippen LogP contribution in [0, 0.1) is 11.7 Å². The zero-order valence-corrected chi connectivity index (χ0v) is 18.4. The minimum absolute atomic E-state index is 0.000899. The Hall–Kier alpha value is -4.13. The molecule has 3 N–H and O–H groups in total. The van der Waals surface area contributed by atoms with Gasteiger partial charge in [-0.1, -0.05) is 0 Å². The average Bonchev–Trinajstić information content (AvgIpc) is 3.15. The number of nitrogens with zero attached hydrogens (tertiary/aromatic N) is 4. The summed E-state index contributed by atoms with van der Waals surface area (Å²) in [6, 6.07) is 3.82. The van der Waals surface area contributed by atoms with Crippen LogP contribution in [0.3, 0.4) is 0 Å². The van der Waals surface area contributed by atoms with Crippen LogP contribution in [-0.4, -0.2) is 70.7 Å². The molecule has 0 radical (unpaired) electrons. The summed E-state index contributed by atoms with van der Waals surface area (Å²) in [7, 11) is 2.78. The summed E-state index contributed by atoms with van der Waals surface area (Å²) in [5, 5.41) is 13.8. The Labute approximate surface area is 192 Å². The Kier molecular flexibility index (Phi) is 5.87. The predicted molar refractivity (Wildman–Crippen MR) is 115 cm³/mol. The first-order valence-corrected chi connectivity index (χ1v) is 10.1. The van der Waals surface area contributed by atoms with Crippen molar-refractivity contribution in [2.75, 3.05) is 26.1 Å². The molecule has 2 aromatic rings. The average molecular weight is 472 g/mol. The third-order valence-electron chi connectivity index (χ3n) is 5.75. The molecular formula is C21H21FN6O6. The van der Waals surface area contributed by atoms with Crippen LogP contribution in [0.2, 0.25) is 0 Å². The van der Waals surface area contributed by atoms with Gasteiger partial charge in [0.1, 0.15) is 17.1 Å². The van der Waals surface area contributed by atoms with E-state index in [1.54, 1.807) is 6.92 Å². The smallest absolute Gasteiger partial charge is 0.411 e. The van der Waals surface area contributed by atoms with Crippen LogP contribution in [0.1, 0.15) is 23.0 Å². The Balaban J connectivity index is 1.74. The van der Waals surface area contributed by atoms with Gasteiger partial charge in [-0.3, -0.25) is 19.8 Å². The van der Waals surface area contributed by atoms with Crippen LogP contribution < -0.4 is 15.4 Å². The molecular weight excluding hydrogens is 451 g/mol. The number of aromatic nitrogens is 2. The second kappa shape index (κ2) is 8.67. The molecule has 1 aromatic heterocycles. The van der Waals surface area contributed by atoms with Gasteiger partial charge in [-0.15, -0.1) is 0 Å². The first-order valence-electron chi connectivity index (χ1n) is 10.1. The van der Waals surface area contributed by atoms with Crippen molar-refractivity contribution in [2.45, 2.75) is 18.6 Å². The first kappa shape index (κ1) is 23.0. The van der Waals surface area contributed by atoms with Gasteiger partial charge < -0.3 is 19.9 Å². The van der Waals surface area contributed by atoms with E-state index in [1.165, 1.54) is 38.7 Å². The van der Waals surface area contributed by atoms with E-state index < -0.39 is 41.3 Å². The van der Waals surface area contributed by atoms with Crippen molar-refractivity contribution in [2.24, 2.45) is 10.9 Å². The summed E-state index contributed by atoms with van der Waals surface area (Å²) in [6.07, 6.45) is 0.462. The number of halogens is 1. The summed E-state index contributed by atoms with van der Waals surface area (Å²) < 4.78 is 25.7. The van der Waals surface area contributed by atoms with Crippen LogP contribution in [-0.2, 0) is 15.1 Å². The third-order valence-corrected chi connectivity index (χ3v) is 5.75. The molecule has 4 rings (SSSR count). The van der Waals surface area contributed by atoms with Crippen molar-refractivity contribution in [3.63, 3.8) is 0 Å². The highest BCUT2D eigenvalue weighted by atomic mass is 19.1. The van der Waals surface area contributed by atoms with Gasteiger partial charge in [-0.2, -0.15) is 0 Å². The number of rotatable bonds is 4. The van der Waals surface area contributed by atoms with Gasteiger partial charge in [0.15, 0.2) is 0 Å². The molecule has 0 bridgehead atoms. The van der Waals surface area contributed by atoms with Crippen molar-refractivity contribution in [1.29, 1.82) is 0 Å². The Bertz CT molecular complexity index is 1190. The van der Waals surface area contributed by atoms with E-state index in [-0.39, 0.29) is 35.4 Å². The van der Waals surface area contributed by atoms with Gasteiger partial charge in [0.25, 0.3) is 5.91 Å². The quantitative estimate of drug-likeness (QED) is 0.600. The molecule has 34 heavy (non-hydrogen) atoms. The number of methoxy groups -OCH3 is 1. The zero-order valence-electron chi connectivity index (χ0n) is 18.4. The number of amides is 3. The molecule has 3 heterocycles. The maximum absolute atomic E-state index is 15.1. The summed E-state index contributed by atoms with van der Waals surface area (Å²) in [5.74, 6) is -2.71. The van der Waals surface area contributed by atoms with Gasteiger partial charge in [0.05, 0.1) is 38.1 Å². The predicted octanol–water partition coefficient (Wildman–Crippen LogP) is 1.20. The minimum Gasteiger partial charge on any atom is -0.480 e. The molecule has 1 saturated heterocycles. The number of carboxylic acid groups (broad SMARTS) is 1. The standard InChI is InChI=1S/C21H21FN6O6/c1-10-16-18(30)28(2)19(26-20(31)32)27-21(16,9-34-10)12-6-11(4-5-13(12)22)25-17(29)14-7-24-15(33-3)8-23-14/h4-8,10,16H,9H2,1-3H3,(H,25,29)(H,26,27)(H,31,32)/t10-,16+,21-/m1/s1. The highest BCUT2D eigenvalue weighted by Crippen LogP contribution is 2.47. The number of carbonyl (C=O) groups is 3. The van der Waals surface area contributed by atoms with Gasteiger partial charge in [-0.05, 0) is 25.1 Å². The lowest BCUT2D eigenvalue weighted by atomic mass is 9.76. The maximum atomic E-state index is 15.1. The number of nitrogens with one attached hydrogen (secondary N) is 2. The SMILES string of the molecule is COc1cnc(C(=O)Nc2ccc(F)c([C@]34CO[C@H](C)[C@H]3C(=O)N(C)C(NC(=O)O)=N4)c2)cn1. The summed E-state index contributed by atoms with van der Waals surface area (Å²) >= 11 is 0. The molecule has 13 heteroatoms. The number of aliphatic imine (C=N–C) groups is 1. The van der Waals surface area contributed by atoms with E-state index in [0.29, 0.717) is 0 Å². The molecule has 1 fully saturated rings. The molecule has 0 aliphatic carbocycles. The van der Waals surface area contributed by atoms with E-state index in [9.17, 15) is 14.4 Å². The molecule has 3 atom stereocenters. The second-order valence-corrected chi connectivity index (χ2v) is 7.77. The first-order chi connectivity index (χ1) is 16.2. The normalized spacial score (nSPS) is 23.7. The van der Waals surface area contributed by atoms with E-state index in [2.05, 4.69) is 25.6 Å². The van der Waals surface area contributed by atoms with Crippen molar-refractivity contribution < 1.29 is 33.4 Å². The van der Waals surface area contributed by atoms with Gasteiger partial charge in [0.2, 0.25) is 17.7 Å². The highest BCUT2D eigenvalue weighted by Gasteiger charge is 2.58. The number of fused-ring (bicyclic) bond motifs is 1. The fourth-order valence-corrected chi connectivity index (χ4v) is 4.10. The molecule has 1 aromatic carbocycles. The Morgan fingerprint density at radius 3 is 2.71 bits per heavy atom. The van der Waals surface area contributed by atoms with Crippen molar-refractivity contribution in [3.05, 3.63) is 47.7 Å². The van der Waals surface area contributed by atoms with E-state index in [4.69, 9.17) is 14.6 Å². The molecule has 0 saturated carbocycles. The minimum atomic E-state index is -1.54. The van der Waals surface area contributed by atoms with Crippen LogP contribution in [0.4, 0.5) is 14.9 Å². The molecule has 0 unspecified atom stereocenters. The van der Waals surface area contributed by atoms with Crippen molar-refractivity contribution >= 4 is 29.6 Å². The van der Waals surface area contributed by atoms with Crippen molar-refractivity contribution in [1.82, 2.24) is 20.2 Å². The van der Waals surface area contributed by atoms with Crippen LogP contribution >= 0.6 is 0 Å². The second-order valence-electron chi connectivity index (χ2n) is 7.77. The maximum Gasteiger partial charge on any atom is 0.411 e. The van der Waals surface area contributed by atoms with Gasteiger partial charge in [-0.25, -0.2) is 24.1 Å². The number of anilines is 1. The lowest BCUT2D eigenvalue weighted by Gasteiger charge is -2.39. The monoisotopic (exact) mass is 472 g/mol. The van der Waals surface area contributed by atoms with Gasteiger partial charge >= 0.3 is 6.09 Å². The number of ether oxygens (including phenoxy) is 2. The number of carbonyl (C=O) groups excluding carboxylic acids is 2. The molecule has 2 aliphatic heterocycles. The van der Waals surface area contributed by atoms with E-state index >= 15 is 4.39 Å². The lowest BCUT2D eigenvalue weighted by Crippen LogP contribution is -2.57. The third kappa shape index (κ3) is 3.90. The summed E-state index contributed by atoms with van der Waals surface area (Å²) in [5.41, 5.74) is -1.35. The zero-order chi connectivity index (χ0) is 24.6. The lowest BCUT2D eigenvalue weighted by molar-refractivity contribution is -0.134. The fourth-order valence-electron chi connectivity index (χ4n) is 4.10.